The van der Waals surface area contributed by atoms with E-state index in [0.29, 0.717) is 0 Å². The van der Waals surface area contributed by atoms with Crippen LogP contribution in [0.2, 0.25) is 0 Å². The molecule has 1 aromatic carbocycles. The number of urea groups is 1. The van der Waals surface area contributed by atoms with E-state index in [1.807, 2.05) is 0 Å². The van der Waals surface area contributed by atoms with Crippen LogP contribution in [0.15, 0.2) is 24.3 Å². The van der Waals surface area contributed by atoms with Gasteiger partial charge in [0.05, 0.1) is 5.56 Å². The normalized spacial score (nSPS) is 10.2. The van der Waals surface area contributed by atoms with Gasteiger partial charge in [-0.2, -0.15) is 0 Å². The minimum absolute atomic E-state index is 0.165. The predicted molar refractivity (Wildman–Crippen MR) is 59.2 cm³/mol. The van der Waals surface area contributed by atoms with E-state index in [9.17, 15) is 18.4 Å². The molecule has 0 atom stereocenters. The maximum atomic E-state index is 11.8. The number of amides is 2. The number of carbonyl (C=O) groups excluding carboxylic acids is 2. The van der Waals surface area contributed by atoms with Gasteiger partial charge in [-0.15, -0.1) is 0 Å². The topological polar surface area (TPSA) is 81.4 Å². The minimum Gasteiger partial charge on any atom is -0.456 e. The van der Waals surface area contributed by atoms with E-state index in [1.165, 1.54) is 12.1 Å². The van der Waals surface area contributed by atoms with Crippen LogP contribution in [0, 0.1) is 0 Å². The van der Waals surface area contributed by atoms with Gasteiger partial charge in [-0.3, -0.25) is 0 Å². The summed E-state index contributed by atoms with van der Waals surface area (Å²) in [4.78, 5) is 21.7. The first-order chi connectivity index (χ1) is 8.49. The molecule has 0 saturated heterocycles. The number of benzene rings is 1. The largest absolute Gasteiger partial charge is 0.456 e. The number of rotatable bonds is 5. The second kappa shape index (κ2) is 6.53. The number of primary amides is 1. The van der Waals surface area contributed by atoms with Gasteiger partial charge in [0.1, 0.15) is 0 Å². The third kappa shape index (κ3) is 4.77. The van der Waals surface area contributed by atoms with Gasteiger partial charge in [0.15, 0.2) is 6.61 Å². The standard InChI is InChI=1S/C11H12F2N2O3/c12-9(13)6-18-10(16)8-3-1-7(2-4-8)5-15-11(14)17/h1-4,9H,5-6H2,(H3,14,15,17). The summed E-state index contributed by atoms with van der Waals surface area (Å²) in [5.41, 5.74) is 5.78. The van der Waals surface area contributed by atoms with E-state index in [-0.39, 0.29) is 12.1 Å². The number of alkyl halides is 2. The summed E-state index contributed by atoms with van der Waals surface area (Å²) >= 11 is 0. The summed E-state index contributed by atoms with van der Waals surface area (Å²) in [5.74, 6) is -0.815. The minimum atomic E-state index is -2.69. The first-order valence-electron chi connectivity index (χ1n) is 5.06. The van der Waals surface area contributed by atoms with E-state index in [1.54, 1.807) is 12.1 Å². The molecule has 0 aliphatic heterocycles. The molecule has 0 aliphatic carbocycles. The molecular formula is C11H12F2N2O3. The Morgan fingerprint density at radius 1 is 1.28 bits per heavy atom. The zero-order chi connectivity index (χ0) is 13.5. The second-order valence-electron chi connectivity index (χ2n) is 3.40. The van der Waals surface area contributed by atoms with Crippen molar-refractivity contribution in [3.63, 3.8) is 0 Å². The van der Waals surface area contributed by atoms with Crippen LogP contribution < -0.4 is 11.1 Å². The molecule has 0 spiro atoms. The Hall–Kier alpha value is -2.18. The smallest absolute Gasteiger partial charge is 0.338 e. The van der Waals surface area contributed by atoms with Crippen LogP contribution in [0.3, 0.4) is 0 Å². The Kier molecular flexibility index (Phi) is 5.04. The Bertz CT molecular complexity index is 421. The van der Waals surface area contributed by atoms with Gasteiger partial charge in [-0.05, 0) is 17.7 Å². The van der Waals surface area contributed by atoms with Crippen molar-refractivity contribution in [1.82, 2.24) is 5.32 Å². The molecule has 0 aromatic heterocycles. The highest BCUT2D eigenvalue weighted by atomic mass is 19.3. The second-order valence-corrected chi connectivity index (χ2v) is 3.40. The molecule has 0 bridgehead atoms. The number of nitrogens with two attached hydrogens (primary N) is 1. The molecule has 0 saturated carbocycles. The highest BCUT2D eigenvalue weighted by Crippen LogP contribution is 2.07. The molecule has 0 heterocycles. The van der Waals surface area contributed by atoms with Crippen molar-refractivity contribution in [3.05, 3.63) is 35.4 Å². The molecule has 1 aromatic rings. The Morgan fingerprint density at radius 2 is 1.89 bits per heavy atom. The summed E-state index contributed by atoms with van der Waals surface area (Å²) in [6.45, 7) is -0.703. The zero-order valence-electron chi connectivity index (χ0n) is 9.36. The van der Waals surface area contributed by atoms with Crippen LogP contribution in [0.1, 0.15) is 15.9 Å². The maximum absolute atomic E-state index is 11.8. The van der Waals surface area contributed by atoms with Crippen molar-refractivity contribution in [2.24, 2.45) is 5.73 Å². The van der Waals surface area contributed by atoms with Crippen molar-refractivity contribution in [3.8, 4) is 0 Å². The van der Waals surface area contributed by atoms with E-state index in [2.05, 4.69) is 10.1 Å². The summed E-state index contributed by atoms with van der Waals surface area (Å²) in [6, 6.07) is 5.32. The number of hydrogen-bond acceptors (Lipinski definition) is 3. The summed E-state index contributed by atoms with van der Waals surface area (Å²) in [5, 5.41) is 2.37. The fourth-order valence-corrected chi connectivity index (χ4v) is 1.17. The highest BCUT2D eigenvalue weighted by molar-refractivity contribution is 5.89. The number of halogens is 2. The van der Waals surface area contributed by atoms with Crippen LogP contribution in [-0.2, 0) is 11.3 Å². The van der Waals surface area contributed by atoms with Crippen molar-refractivity contribution in [1.29, 1.82) is 0 Å². The fraction of sp³-hybridized carbons (Fsp3) is 0.273. The summed E-state index contributed by atoms with van der Waals surface area (Å²) < 4.78 is 28.0. The van der Waals surface area contributed by atoms with E-state index in [4.69, 9.17) is 5.73 Å². The lowest BCUT2D eigenvalue weighted by Gasteiger charge is -2.05. The van der Waals surface area contributed by atoms with Gasteiger partial charge in [-0.1, -0.05) is 12.1 Å². The summed E-state index contributed by atoms with van der Waals surface area (Å²) in [7, 11) is 0. The van der Waals surface area contributed by atoms with E-state index >= 15 is 0 Å². The molecule has 5 nitrogen and oxygen atoms in total. The average Bonchev–Trinajstić information content (AvgIpc) is 2.34. The lowest BCUT2D eigenvalue weighted by Crippen LogP contribution is -2.28. The van der Waals surface area contributed by atoms with Crippen LogP contribution in [0.5, 0.6) is 0 Å². The van der Waals surface area contributed by atoms with E-state index in [0.717, 1.165) is 5.56 Å². The molecule has 0 unspecified atom stereocenters. The first kappa shape index (κ1) is 13.9. The number of hydrogen-bond donors (Lipinski definition) is 2. The molecule has 0 fully saturated rings. The van der Waals surface area contributed by atoms with Crippen molar-refractivity contribution < 1.29 is 23.1 Å². The number of ether oxygens (including phenoxy) is 1. The molecule has 1 rings (SSSR count). The van der Waals surface area contributed by atoms with Crippen molar-refractivity contribution in [2.75, 3.05) is 6.61 Å². The predicted octanol–water partition coefficient (Wildman–Crippen LogP) is 1.28. The lowest BCUT2D eigenvalue weighted by atomic mass is 10.1. The van der Waals surface area contributed by atoms with Crippen molar-refractivity contribution >= 4 is 12.0 Å². The molecule has 98 valence electrons. The van der Waals surface area contributed by atoms with Gasteiger partial charge in [0.25, 0.3) is 6.43 Å². The average molecular weight is 258 g/mol. The number of nitrogens with one attached hydrogen (secondary N) is 1. The van der Waals surface area contributed by atoms with Gasteiger partial charge < -0.3 is 15.8 Å². The molecule has 7 heteroatoms. The quantitative estimate of drug-likeness (QED) is 0.780. The third-order valence-corrected chi connectivity index (χ3v) is 2.00. The van der Waals surface area contributed by atoms with Crippen LogP contribution >= 0.6 is 0 Å². The Labute approximate surface area is 102 Å². The molecule has 3 N–H and O–H groups in total. The monoisotopic (exact) mass is 258 g/mol. The SMILES string of the molecule is NC(=O)NCc1ccc(C(=O)OCC(F)F)cc1. The first-order valence-corrected chi connectivity index (χ1v) is 5.06. The van der Waals surface area contributed by atoms with Crippen LogP contribution in [0.4, 0.5) is 13.6 Å². The molecule has 0 aliphatic rings. The van der Waals surface area contributed by atoms with Crippen LogP contribution in [-0.4, -0.2) is 25.0 Å². The molecule has 0 radical (unpaired) electrons. The van der Waals surface area contributed by atoms with Gasteiger partial charge in [0, 0.05) is 6.54 Å². The van der Waals surface area contributed by atoms with Crippen LogP contribution in [0.25, 0.3) is 0 Å². The fourth-order valence-electron chi connectivity index (χ4n) is 1.17. The molecule has 2 amide bonds. The van der Waals surface area contributed by atoms with Gasteiger partial charge in [-0.25, -0.2) is 18.4 Å². The van der Waals surface area contributed by atoms with E-state index < -0.39 is 25.0 Å². The molecule has 18 heavy (non-hydrogen) atoms. The zero-order valence-corrected chi connectivity index (χ0v) is 9.36. The molecular weight excluding hydrogens is 246 g/mol. The Morgan fingerprint density at radius 3 is 2.39 bits per heavy atom. The third-order valence-electron chi connectivity index (χ3n) is 2.00. The number of esters is 1. The maximum Gasteiger partial charge on any atom is 0.338 e. The van der Waals surface area contributed by atoms with Crippen molar-refractivity contribution in [2.45, 2.75) is 13.0 Å². The van der Waals surface area contributed by atoms with Gasteiger partial charge >= 0.3 is 12.0 Å². The van der Waals surface area contributed by atoms with Gasteiger partial charge in [0.2, 0.25) is 0 Å². The number of carbonyl (C=O) groups is 2. The summed E-state index contributed by atoms with van der Waals surface area (Å²) in [6.07, 6.45) is -2.69. The Balaban J connectivity index is 2.53. The highest BCUT2D eigenvalue weighted by Gasteiger charge is 2.10. The lowest BCUT2D eigenvalue weighted by molar-refractivity contribution is 0.0160.